The Kier molecular flexibility index (Phi) is 12.8. The second-order valence-corrected chi connectivity index (χ2v) is 17.8. The molecule has 0 fully saturated rings. The minimum atomic E-state index is -0.521. The van der Waals surface area contributed by atoms with E-state index >= 15 is 0 Å². The van der Waals surface area contributed by atoms with Gasteiger partial charge in [-0.25, -0.2) is 4.79 Å². The summed E-state index contributed by atoms with van der Waals surface area (Å²) in [6, 6.07) is 17.8. The third kappa shape index (κ3) is 9.53. The van der Waals surface area contributed by atoms with E-state index in [1.54, 1.807) is 4.90 Å². The number of benzene rings is 2. The number of nitrogens with zero attached hydrogens (tertiary/aromatic N) is 6. The largest absolute Gasteiger partial charge is 0.461 e. The second kappa shape index (κ2) is 17.4. The molecule has 1 amide bonds. The van der Waals surface area contributed by atoms with Crippen molar-refractivity contribution in [3.63, 3.8) is 0 Å². The van der Waals surface area contributed by atoms with Gasteiger partial charge in [-0.05, 0) is 101 Å². The number of quaternary nitrogens is 1. The van der Waals surface area contributed by atoms with Crippen molar-refractivity contribution in [1.82, 2.24) is 25.7 Å². The fraction of sp³-hybridized carbons (Fsp3) is 0.489. The molecule has 3 aromatic rings. The summed E-state index contributed by atoms with van der Waals surface area (Å²) < 4.78 is 11.3. The quantitative estimate of drug-likeness (QED) is 0.168. The van der Waals surface area contributed by atoms with Gasteiger partial charge in [0.05, 0.1) is 18.6 Å². The average molecular weight is 796 g/mol. The molecule has 6 rings (SSSR count). The first-order chi connectivity index (χ1) is 27.1. The number of carbonyl (C=O) groups excluding carboxylic acids is 1. The number of hydrogen-bond acceptors (Lipinski definition) is 9. The van der Waals surface area contributed by atoms with E-state index in [1.165, 1.54) is 38.7 Å². The minimum absolute atomic E-state index is 0.0825. The van der Waals surface area contributed by atoms with Gasteiger partial charge in [0, 0.05) is 61.0 Å². The van der Waals surface area contributed by atoms with E-state index in [2.05, 4.69) is 131 Å². The second-order valence-electron chi connectivity index (χ2n) is 17.5. The van der Waals surface area contributed by atoms with Crippen molar-refractivity contribution >= 4 is 35.0 Å². The Balaban J connectivity index is 1.18. The van der Waals surface area contributed by atoms with Gasteiger partial charge in [0.2, 0.25) is 0 Å². The third-order valence-electron chi connectivity index (χ3n) is 11.2. The van der Waals surface area contributed by atoms with Crippen molar-refractivity contribution in [3.8, 4) is 6.01 Å². The Morgan fingerprint density at radius 1 is 0.982 bits per heavy atom. The highest BCUT2D eigenvalue weighted by molar-refractivity contribution is 6.32. The molecule has 0 saturated heterocycles. The van der Waals surface area contributed by atoms with E-state index in [-0.39, 0.29) is 29.0 Å². The highest BCUT2D eigenvalue weighted by Gasteiger charge is 2.47. The van der Waals surface area contributed by atoms with Crippen LogP contribution in [0.1, 0.15) is 91.7 Å². The molecule has 1 aromatic heterocycles. The molecule has 2 unspecified atom stereocenters. The van der Waals surface area contributed by atoms with Crippen LogP contribution in [-0.2, 0) is 15.6 Å². The SMILES string of the molecule is CN(C)c1nnc(OCCCN2/C(=C/C=C3\CCCC(/C=C/C4[NH+](CCCNC(=O)OC(C)(C)C)c5ccccc5C4(C)C)=C3Cl)C(C)(C)c3ccccc32)nn1. The van der Waals surface area contributed by atoms with Crippen molar-refractivity contribution in [2.24, 2.45) is 0 Å². The predicted molar refractivity (Wildman–Crippen MR) is 229 cm³/mol. The standard InChI is InChI=1S/C45H59ClN8O3/c1-43(2,3)57-42(55)47-27-15-28-53-35-21-12-10-19-33(35)44(4,5)37(53)25-23-31-17-14-18-32(39(31)46)24-26-38-45(6,7)34-20-11-13-22-36(34)54(38)29-16-30-56-41-50-48-40(49-51-41)52(8)9/h10-13,19-26,37H,14-18,27-30H2,1-9H3,(H,47,55)/p+1/b25-23+,32-24+,38-26+. The van der Waals surface area contributed by atoms with Crippen LogP contribution >= 0.6 is 11.6 Å². The van der Waals surface area contributed by atoms with Crippen LogP contribution in [0.3, 0.4) is 0 Å². The number of carbonyl (C=O) groups is 1. The molecule has 1 aliphatic carbocycles. The van der Waals surface area contributed by atoms with Crippen LogP contribution < -0.4 is 24.8 Å². The highest BCUT2D eigenvalue weighted by atomic mass is 35.5. The number of nitrogens with one attached hydrogen (secondary N) is 2. The number of aromatic nitrogens is 4. The normalized spacial score (nSPS) is 21.3. The van der Waals surface area contributed by atoms with Crippen molar-refractivity contribution in [1.29, 1.82) is 0 Å². The van der Waals surface area contributed by atoms with Crippen LogP contribution in [0.25, 0.3) is 0 Å². The lowest BCUT2D eigenvalue weighted by Crippen LogP contribution is -3.10. The summed E-state index contributed by atoms with van der Waals surface area (Å²) in [6.07, 6.45) is 13.3. The first kappa shape index (κ1) is 41.9. The summed E-state index contributed by atoms with van der Waals surface area (Å²) in [7, 11) is 3.69. The Morgan fingerprint density at radius 3 is 2.40 bits per heavy atom. The van der Waals surface area contributed by atoms with Gasteiger partial charge in [0.25, 0.3) is 5.95 Å². The maximum atomic E-state index is 12.3. The number of halogens is 1. The lowest BCUT2D eigenvalue weighted by molar-refractivity contribution is -0.850. The Morgan fingerprint density at radius 2 is 1.68 bits per heavy atom. The van der Waals surface area contributed by atoms with Gasteiger partial charge >= 0.3 is 12.1 Å². The summed E-state index contributed by atoms with van der Waals surface area (Å²) >= 11 is 7.30. The van der Waals surface area contributed by atoms with Crippen LogP contribution in [0, 0.1) is 0 Å². The molecule has 2 N–H and O–H groups in total. The van der Waals surface area contributed by atoms with Gasteiger partial charge in [-0.2, -0.15) is 0 Å². The topological polar surface area (TPSA) is 110 Å². The molecule has 11 nitrogen and oxygen atoms in total. The lowest BCUT2D eigenvalue weighted by Gasteiger charge is -2.28. The lowest BCUT2D eigenvalue weighted by atomic mass is 9.80. The number of para-hydroxylation sites is 2. The summed E-state index contributed by atoms with van der Waals surface area (Å²) in [6.45, 7) is 17.5. The number of rotatable bonds is 13. The number of allylic oxidation sites excluding steroid dienone is 7. The van der Waals surface area contributed by atoms with Gasteiger partial charge < -0.3 is 24.6 Å². The van der Waals surface area contributed by atoms with E-state index in [0.29, 0.717) is 19.1 Å². The van der Waals surface area contributed by atoms with Crippen LogP contribution in [0.4, 0.5) is 22.1 Å². The number of amides is 1. The number of ether oxygens (including phenoxy) is 2. The molecule has 0 spiro atoms. The number of anilines is 2. The molecule has 3 aliphatic rings. The molecule has 304 valence electrons. The zero-order chi connectivity index (χ0) is 41.0. The Hall–Kier alpha value is -4.74. The summed E-state index contributed by atoms with van der Waals surface area (Å²) in [5, 5.41) is 20.0. The third-order valence-corrected chi connectivity index (χ3v) is 11.7. The summed E-state index contributed by atoms with van der Waals surface area (Å²) in [5.74, 6) is 0.438. The number of fused-ring (bicyclic) bond motifs is 2. The molecule has 0 saturated carbocycles. The highest BCUT2D eigenvalue weighted by Crippen LogP contribution is 2.48. The zero-order valence-electron chi connectivity index (χ0n) is 35.2. The van der Waals surface area contributed by atoms with Gasteiger partial charge in [-0.3, -0.25) is 4.90 Å². The Labute approximate surface area is 343 Å². The summed E-state index contributed by atoms with van der Waals surface area (Å²) in [4.78, 5) is 17.9. The number of alkyl carbamates (subject to hydrolysis) is 1. The van der Waals surface area contributed by atoms with E-state index in [4.69, 9.17) is 21.1 Å². The monoisotopic (exact) mass is 795 g/mol. The fourth-order valence-corrected chi connectivity index (χ4v) is 8.66. The van der Waals surface area contributed by atoms with Gasteiger partial charge in [-0.1, -0.05) is 84.2 Å². The van der Waals surface area contributed by atoms with Crippen molar-refractivity contribution < 1.29 is 19.2 Å². The number of hydrogen-bond donors (Lipinski definition) is 2. The van der Waals surface area contributed by atoms with E-state index in [1.807, 2.05) is 34.9 Å². The Bertz CT molecular complexity index is 2030. The first-order valence-corrected chi connectivity index (χ1v) is 20.6. The van der Waals surface area contributed by atoms with Crippen molar-refractivity contribution in [2.45, 2.75) is 103 Å². The molecule has 0 bridgehead atoms. The smallest absolute Gasteiger partial charge is 0.407 e. The predicted octanol–water partition coefficient (Wildman–Crippen LogP) is 7.73. The first-order valence-electron chi connectivity index (χ1n) is 20.2. The van der Waals surface area contributed by atoms with Crippen molar-refractivity contribution in [3.05, 3.63) is 106 Å². The van der Waals surface area contributed by atoms with Crippen LogP contribution in [0.15, 0.2) is 94.7 Å². The van der Waals surface area contributed by atoms with Crippen molar-refractivity contribution in [2.75, 3.05) is 50.1 Å². The van der Waals surface area contributed by atoms with E-state index in [0.717, 1.165) is 55.8 Å². The maximum absolute atomic E-state index is 12.3. The van der Waals surface area contributed by atoms with Crippen LogP contribution in [-0.4, -0.2) is 78.5 Å². The molecular formula is C45H60ClN8O3+. The van der Waals surface area contributed by atoms with Crippen LogP contribution in [0.5, 0.6) is 6.01 Å². The maximum Gasteiger partial charge on any atom is 0.407 e. The molecule has 0 radical (unpaired) electrons. The molecule has 12 heteroatoms. The zero-order valence-corrected chi connectivity index (χ0v) is 35.9. The van der Waals surface area contributed by atoms with Crippen LogP contribution in [0.2, 0.25) is 0 Å². The minimum Gasteiger partial charge on any atom is -0.461 e. The fourth-order valence-electron chi connectivity index (χ4n) is 8.35. The molecule has 2 aliphatic heterocycles. The average Bonchev–Trinajstić information content (AvgIpc) is 3.51. The summed E-state index contributed by atoms with van der Waals surface area (Å²) in [5.41, 5.74) is 7.96. The molecule has 3 heterocycles. The molecule has 2 atom stereocenters. The van der Waals surface area contributed by atoms with E-state index in [9.17, 15) is 4.79 Å². The van der Waals surface area contributed by atoms with Gasteiger partial charge in [-0.15, -0.1) is 10.2 Å². The molecule has 2 aromatic carbocycles. The molecule has 57 heavy (non-hydrogen) atoms. The van der Waals surface area contributed by atoms with Gasteiger partial charge in [0.1, 0.15) is 17.3 Å². The van der Waals surface area contributed by atoms with E-state index < -0.39 is 5.60 Å². The molecular weight excluding hydrogens is 736 g/mol. The van der Waals surface area contributed by atoms with Gasteiger partial charge in [0.15, 0.2) is 0 Å².